The molecule has 0 aliphatic carbocycles. The molecule has 0 spiro atoms. The second-order valence-corrected chi connectivity index (χ2v) is 7.30. The largest absolute Gasteiger partial charge is 0.465 e. The Bertz CT molecular complexity index is 902. The average molecular weight is 386 g/mol. The molecule has 1 aliphatic rings. The fourth-order valence-corrected chi connectivity index (χ4v) is 3.48. The molecule has 8 nitrogen and oxygen atoms in total. The summed E-state index contributed by atoms with van der Waals surface area (Å²) in [5, 5.41) is 2.86. The van der Waals surface area contributed by atoms with E-state index in [0.29, 0.717) is 38.3 Å². The van der Waals surface area contributed by atoms with E-state index in [0.717, 1.165) is 24.4 Å². The van der Waals surface area contributed by atoms with Crippen molar-refractivity contribution in [2.75, 3.05) is 13.1 Å². The van der Waals surface area contributed by atoms with Crippen LogP contribution in [0.3, 0.4) is 0 Å². The summed E-state index contributed by atoms with van der Waals surface area (Å²) in [5.74, 6) is 1.95. The molecule has 0 radical (unpaired) electrons. The van der Waals surface area contributed by atoms with Gasteiger partial charge in [0.15, 0.2) is 0 Å². The predicted molar refractivity (Wildman–Crippen MR) is 103 cm³/mol. The normalized spacial score (nSPS) is 16.8. The lowest BCUT2D eigenvalue weighted by Crippen LogP contribution is -2.42. The Morgan fingerprint density at radius 2 is 2.18 bits per heavy atom. The fraction of sp³-hybridized carbons (Fsp3) is 0.500. The first kappa shape index (κ1) is 19.9. The number of hydrogen-bond donors (Lipinski definition) is 2. The molecule has 8 heteroatoms. The molecule has 1 unspecified atom stereocenters. The number of hydrogen-bond acceptors (Lipinski definition) is 5. The number of carbonyl (C=O) groups excluding carboxylic acids is 2. The van der Waals surface area contributed by atoms with Crippen molar-refractivity contribution in [3.8, 4) is 0 Å². The van der Waals surface area contributed by atoms with Crippen molar-refractivity contribution in [3.05, 3.63) is 51.6 Å². The number of rotatable bonds is 6. The summed E-state index contributed by atoms with van der Waals surface area (Å²) < 4.78 is 5.44. The number of carbonyl (C=O) groups is 2. The van der Waals surface area contributed by atoms with Gasteiger partial charge in [0.1, 0.15) is 22.9 Å². The summed E-state index contributed by atoms with van der Waals surface area (Å²) in [6.45, 7) is 5.08. The highest BCUT2D eigenvalue weighted by molar-refractivity contribution is 5.93. The number of aromatic nitrogens is 2. The van der Waals surface area contributed by atoms with Crippen LogP contribution in [0.25, 0.3) is 0 Å². The molecule has 1 fully saturated rings. The molecule has 1 atom stereocenters. The number of nitrogens with one attached hydrogen (secondary N) is 2. The summed E-state index contributed by atoms with van der Waals surface area (Å²) in [6.07, 6.45) is 4.27. The van der Waals surface area contributed by atoms with Crippen LogP contribution in [0.1, 0.15) is 53.4 Å². The zero-order valence-electron chi connectivity index (χ0n) is 16.3. The van der Waals surface area contributed by atoms with E-state index in [1.807, 2.05) is 19.1 Å². The van der Waals surface area contributed by atoms with E-state index in [-0.39, 0.29) is 23.3 Å². The topological polar surface area (TPSA) is 108 Å². The number of aryl methyl sites for hydroxylation is 2. The monoisotopic (exact) mass is 386 g/mol. The molecule has 150 valence electrons. The Balaban J connectivity index is 1.48. The van der Waals surface area contributed by atoms with Crippen LogP contribution in [-0.4, -0.2) is 39.8 Å². The molecular formula is C20H26N4O4. The second kappa shape index (κ2) is 8.86. The molecule has 3 rings (SSSR count). The molecule has 28 heavy (non-hydrogen) atoms. The van der Waals surface area contributed by atoms with Crippen LogP contribution in [-0.2, 0) is 11.3 Å². The summed E-state index contributed by atoms with van der Waals surface area (Å²) in [6, 6.07) is 3.71. The molecule has 3 heterocycles. The molecule has 2 aromatic rings. The molecule has 2 N–H and O–H groups in total. The number of likely N-dealkylation sites (tertiary alicyclic amines) is 1. The van der Waals surface area contributed by atoms with Gasteiger partial charge in [0, 0.05) is 25.7 Å². The van der Waals surface area contributed by atoms with E-state index >= 15 is 0 Å². The predicted octanol–water partition coefficient (Wildman–Crippen LogP) is 1.93. The maximum Gasteiger partial charge on any atom is 0.263 e. The Kier molecular flexibility index (Phi) is 6.28. The van der Waals surface area contributed by atoms with Gasteiger partial charge >= 0.3 is 0 Å². The zero-order valence-corrected chi connectivity index (χ0v) is 16.3. The third-order valence-electron chi connectivity index (χ3n) is 5.00. The first-order valence-electron chi connectivity index (χ1n) is 9.59. The maximum absolute atomic E-state index is 12.7. The Morgan fingerprint density at radius 1 is 1.36 bits per heavy atom. The summed E-state index contributed by atoms with van der Waals surface area (Å²) >= 11 is 0. The van der Waals surface area contributed by atoms with Crippen molar-refractivity contribution in [1.29, 1.82) is 0 Å². The van der Waals surface area contributed by atoms with Crippen LogP contribution < -0.4 is 10.9 Å². The standard InChI is InChI=1S/C20H26N4O4/c1-13-5-7-16(28-13)10-22-18(25)8-6-15-4-3-9-24(12-15)20(27)17-11-21-14(2)23-19(17)26/h5,7,11,15H,3-4,6,8-10,12H2,1-2H3,(H,22,25)(H,21,23,26). The fourth-order valence-electron chi connectivity index (χ4n) is 3.48. The van der Waals surface area contributed by atoms with Crippen molar-refractivity contribution in [1.82, 2.24) is 20.2 Å². The minimum atomic E-state index is -0.410. The van der Waals surface area contributed by atoms with E-state index in [1.54, 1.807) is 11.8 Å². The van der Waals surface area contributed by atoms with Gasteiger partial charge in [0.05, 0.1) is 6.54 Å². The average Bonchev–Trinajstić information content (AvgIpc) is 3.10. The van der Waals surface area contributed by atoms with Gasteiger partial charge in [-0.15, -0.1) is 0 Å². The highest BCUT2D eigenvalue weighted by atomic mass is 16.3. The van der Waals surface area contributed by atoms with E-state index in [9.17, 15) is 14.4 Å². The highest BCUT2D eigenvalue weighted by Gasteiger charge is 2.26. The lowest BCUT2D eigenvalue weighted by atomic mass is 9.93. The van der Waals surface area contributed by atoms with Crippen LogP contribution in [0.2, 0.25) is 0 Å². The van der Waals surface area contributed by atoms with Crippen LogP contribution in [0.15, 0.2) is 27.5 Å². The molecular weight excluding hydrogens is 360 g/mol. The van der Waals surface area contributed by atoms with E-state index in [2.05, 4.69) is 15.3 Å². The number of piperidine rings is 1. The van der Waals surface area contributed by atoms with Crippen molar-refractivity contribution in [2.45, 2.75) is 46.1 Å². The molecule has 1 saturated heterocycles. The van der Waals surface area contributed by atoms with Crippen molar-refractivity contribution in [3.63, 3.8) is 0 Å². The Hall–Kier alpha value is -2.90. The summed E-state index contributed by atoms with van der Waals surface area (Å²) in [7, 11) is 0. The van der Waals surface area contributed by atoms with E-state index < -0.39 is 5.56 Å². The SMILES string of the molecule is Cc1ncc(C(=O)N2CCCC(CCC(=O)NCc3ccc(C)o3)C2)c(=O)[nH]1. The summed E-state index contributed by atoms with van der Waals surface area (Å²) in [4.78, 5) is 45.0. The van der Waals surface area contributed by atoms with Crippen LogP contribution in [0.4, 0.5) is 0 Å². The number of nitrogens with zero attached hydrogens (tertiary/aromatic N) is 2. The van der Waals surface area contributed by atoms with Crippen LogP contribution in [0, 0.1) is 19.8 Å². The van der Waals surface area contributed by atoms with E-state index in [4.69, 9.17) is 4.42 Å². The van der Waals surface area contributed by atoms with Crippen LogP contribution in [0.5, 0.6) is 0 Å². The minimum Gasteiger partial charge on any atom is -0.465 e. The molecule has 0 bridgehead atoms. The number of amides is 2. The van der Waals surface area contributed by atoms with Gasteiger partial charge in [-0.05, 0) is 51.2 Å². The highest BCUT2D eigenvalue weighted by Crippen LogP contribution is 2.22. The van der Waals surface area contributed by atoms with Gasteiger partial charge in [-0.3, -0.25) is 14.4 Å². The molecule has 2 aromatic heterocycles. The summed E-state index contributed by atoms with van der Waals surface area (Å²) in [5.41, 5.74) is -0.343. The van der Waals surface area contributed by atoms with Crippen LogP contribution >= 0.6 is 0 Å². The van der Waals surface area contributed by atoms with E-state index in [1.165, 1.54) is 6.20 Å². The smallest absolute Gasteiger partial charge is 0.263 e. The van der Waals surface area contributed by atoms with Gasteiger partial charge in [0.25, 0.3) is 11.5 Å². The quantitative estimate of drug-likeness (QED) is 0.789. The van der Waals surface area contributed by atoms with Gasteiger partial charge < -0.3 is 19.6 Å². The van der Waals surface area contributed by atoms with Gasteiger partial charge in [-0.25, -0.2) is 4.98 Å². The zero-order chi connectivity index (χ0) is 20.1. The number of H-pyrrole nitrogens is 1. The lowest BCUT2D eigenvalue weighted by molar-refractivity contribution is -0.121. The van der Waals surface area contributed by atoms with Crippen molar-refractivity contribution in [2.24, 2.45) is 5.92 Å². The first-order valence-corrected chi connectivity index (χ1v) is 9.59. The third kappa shape index (κ3) is 5.09. The molecule has 0 aromatic carbocycles. The second-order valence-electron chi connectivity index (χ2n) is 7.30. The third-order valence-corrected chi connectivity index (χ3v) is 5.00. The number of aromatic amines is 1. The van der Waals surface area contributed by atoms with Crippen molar-refractivity contribution < 1.29 is 14.0 Å². The lowest BCUT2D eigenvalue weighted by Gasteiger charge is -2.32. The molecule has 1 aliphatic heterocycles. The van der Waals surface area contributed by atoms with Crippen molar-refractivity contribution >= 4 is 11.8 Å². The molecule has 2 amide bonds. The Morgan fingerprint density at radius 3 is 2.89 bits per heavy atom. The molecule has 0 saturated carbocycles. The first-order chi connectivity index (χ1) is 13.4. The number of furan rings is 1. The Labute approximate surface area is 163 Å². The maximum atomic E-state index is 12.7. The van der Waals surface area contributed by atoms with Gasteiger partial charge in [-0.2, -0.15) is 0 Å². The van der Waals surface area contributed by atoms with Gasteiger partial charge in [0.2, 0.25) is 5.91 Å². The van der Waals surface area contributed by atoms with Gasteiger partial charge in [-0.1, -0.05) is 0 Å². The minimum absolute atomic E-state index is 0.0308.